The van der Waals surface area contributed by atoms with E-state index in [1.165, 1.54) is 0 Å². The number of amides is 1. The lowest BCUT2D eigenvalue weighted by molar-refractivity contribution is -0.118. The Kier molecular flexibility index (Phi) is 2.15. The zero-order chi connectivity index (χ0) is 11.0. The molecule has 1 aliphatic heterocycles. The molecule has 0 saturated carbocycles. The van der Waals surface area contributed by atoms with Crippen LogP contribution in [0.5, 0.6) is 0 Å². The van der Waals surface area contributed by atoms with E-state index in [1.807, 2.05) is 29.6 Å². The van der Waals surface area contributed by atoms with E-state index in [0.29, 0.717) is 12.2 Å². The second kappa shape index (κ2) is 3.64. The molecule has 1 amide bonds. The van der Waals surface area contributed by atoms with Crippen LogP contribution in [0.3, 0.4) is 0 Å². The number of rotatable bonds is 2. The smallest absolute Gasteiger partial charge is 0.229 e. The van der Waals surface area contributed by atoms with Crippen LogP contribution < -0.4 is 5.32 Å². The maximum Gasteiger partial charge on any atom is 0.229 e. The van der Waals surface area contributed by atoms with Crippen LogP contribution in [0.1, 0.15) is 17.1 Å². The largest absolute Gasteiger partial charge is 0.463 e. The van der Waals surface area contributed by atoms with Gasteiger partial charge in [-0.25, -0.2) is 0 Å². The molecule has 0 atom stereocenters. The second-order valence-electron chi connectivity index (χ2n) is 3.53. The Hall–Kier alpha value is -1.81. The van der Waals surface area contributed by atoms with Crippen LogP contribution in [-0.2, 0) is 4.79 Å². The third-order valence-corrected chi connectivity index (χ3v) is 3.42. The topological polar surface area (TPSA) is 42.2 Å². The minimum Gasteiger partial charge on any atom is -0.463 e. The zero-order valence-corrected chi connectivity index (χ0v) is 9.21. The number of nitrogens with one attached hydrogen (secondary N) is 1. The van der Waals surface area contributed by atoms with Crippen LogP contribution >= 0.6 is 11.3 Å². The highest BCUT2D eigenvalue weighted by molar-refractivity contribution is 7.11. The molecule has 1 N–H and O–H groups in total. The van der Waals surface area contributed by atoms with Crippen molar-refractivity contribution in [1.29, 1.82) is 0 Å². The van der Waals surface area contributed by atoms with E-state index in [2.05, 4.69) is 5.32 Å². The van der Waals surface area contributed by atoms with Gasteiger partial charge >= 0.3 is 0 Å². The third kappa shape index (κ3) is 1.47. The summed E-state index contributed by atoms with van der Waals surface area (Å²) in [7, 11) is 0. The third-order valence-electron chi connectivity index (χ3n) is 2.49. The molecule has 3 heterocycles. The summed E-state index contributed by atoms with van der Waals surface area (Å²) >= 11 is 1.63. The fourth-order valence-electron chi connectivity index (χ4n) is 1.80. The summed E-state index contributed by atoms with van der Waals surface area (Å²) in [5.41, 5.74) is 1.83. The zero-order valence-electron chi connectivity index (χ0n) is 8.40. The maximum absolute atomic E-state index is 11.5. The van der Waals surface area contributed by atoms with E-state index in [9.17, 15) is 4.79 Å². The van der Waals surface area contributed by atoms with Crippen LogP contribution in [0.15, 0.2) is 40.3 Å². The van der Waals surface area contributed by atoms with E-state index in [4.69, 9.17) is 4.42 Å². The Labute approximate surface area is 96.4 Å². The lowest BCUT2D eigenvalue weighted by Gasteiger charge is -2.01. The summed E-state index contributed by atoms with van der Waals surface area (Å²) in [6.45, 7) is 0. The lowest BCUT2D eigenvalue weighted by atomic mass is 10.1. The van der Waals surface area contributed by atoms with Gasteiger partial charge in [0.05, 0.1) is 18.4 Å². The Bertz CT molecular complexity index is 489. The first-order valence-electron chi connectivity index (χ1n) is 4.95. The molecule has 0 aromatic carbocycles. The standard InChI is InChI=1S/C12H9NO2S/c14-11-7-8(10-4-2-6-16-10)12(13-11)9-3-1-5-15-9/h1-6H,7H2,(H,13,14). The molecule has 3 nitrogen and oxygen atoms in total. The Morgan fingerprint density at radius 1 is 1.31 bits per heavy atom. The monoisotopic (exact) mass is 231 g/mol. The van der Waals surface area contributed by atoms with Gasteiger partial charge in [-0.15, -0.1) is 11.3 Å². The molecule has 0 unspecified atom stereocenters. The molecular weight excluding hydrogens is 222 g/mol. The van der Waals surface area contributed by atoms with Gasteiger partial charge in [-0.3, -0.25) is 4.79 Å². The fourth-order valence-corrected chi connectivity index (χ4v) is 2.58. The van der Waals surface area contributed by atoms with Crippen molar-refractivity contribution < 1.29 is 9.21 Å². The van der Waals surface area contributed by atoms with Crippen molar-refractivity contribution in [2.75, 3.05) is 0 Å². The van der Waals surface area contributed by atoms with Crippen molar-refractivity contribution >= 4 is 28.5 Å². The molecule has 2 aromatic rings. The highest BCUT2D eigenvalue weighted by Gasteiger charge is 2.25. The van der Waals surface area contributed by atoms with Crippen molar-refractivity contribution in [1.82, 2.24) is 5.32 Å². The number of carbonyl (C=O) groups excluding carboxylic acids is 1. The van der Waals surface area contributed by atoms with E-state index in [1.54, 1.807) is 17.6 Å². The molecule has 0 aliphatic carbocycles. The van der Waals surface area contributed by atoms with E-state index in [-0.39, 0.29) is 5.91 Å². The first-order valence-corrected chi connectivity index (χ1v) is 5.83. The maximum atomic E-state index is 11.5. The average Bonchev–Trinajstić information content (AvgIpc) is 2.98. The molecule has 0 radical (unpaired) electrons. The average molecular weight is 231 g/mol. The first-order chi connectivity index (χ1) is 7.84. The van der Waals surface area contributed by atoms with Crippen molar-refractivity contribution in [2.24, 2.45) is 0 Å². The second-order valence-corrected chi connectivity index (χ2v) is 4.48. The van der Waals surface area contributed by atoms with E-state index >= 15 is 0 Å². The van der Waals surface area contributed by atoms with Gasteiger partial charge < -0.3 is 9.73 Å². The minimum atomic E-state index is 0.0230. The van der Waals surface area contributed by atoms with Crippen molar-refractivity contribution in [3.05, 3.63) is 46.5 Å². The predicted molar refractivity (Wildman–Crippen MR) is 62.6 cm³/mol. The van der Waals surface area contributed by atoms with Gasteiger partial charge in [-0.2, -0.15) is 0 Å². The lowest BCUT2D eigenvalue weighted by Crippen LogP contribution is -2.13. The van der Waals surface area contributed by atoms with Gasteiger partial charge in [-0.05, 0) is 23.6 Å². The summed E-state index contributed by atoms with van der Waals surface area (Å²) in [5.74, 6) is 0.740. The molecular formula is C12H9NO2S. The summed E-state index contributed by atoms with van der Waals surface area (Å²) < 4.78 is 5.33. The summed E-state index contributed by atoms with van der Waals surface area (Å²) in [5, 5.41) is 4.85. The summed E-state index contributed by atoms with van der Waals surface area (Å²) in [6, 6.07) is 7.67. The Morgan fingerprint density at radius 3 is 2.94 bits per heavy atom. The van der Waals surface area contributed by atoms with Gasteiger partial charge in [0, 0.05) is 10.5 Å². The van der Waals surface area contributed by atoms with Gasteiger partial charge in [0.15, 0.2) is 0 Å². The molecule has 0 bridgehead atoms. The van der Waals surface area contributed by atoms with Crippen LogP contribution in [-0.4, -0.2) is 5.91 Å². The molecule has 0 saturated heterocycles. The predicted octanol–water partition coefficient (Wildman–Crippen LogP) is 2.73. The van der Waals surface area contributed by atoms with Crippen molar-refractivity contribution in [2.45, 2.75) is 6.42 Å². The molecule has 2 aromatic heterocycles. The minimum absolute atomic E-state index is 0.0230. The number of carbonyl (C=O) groups is 1. The number of hydrogen-bond acceptors (Lipinski definition) is 3. The first kappa shape index (κ1) is 9.42. The highest BCUT2D eigenvalue weighted by Crippen LogP contribution is 2.34. The quantitative estimate of drug-likeness (QED) is 0.863. The number of hydrogen-bond donors (Lipinski definition) is 1. The van der Waals surface area contributed by atoms with Crippen LogP contribution in [0, 0.1) is 0 Å². The van der Waals surface area contributed by atoms with Crippen LogP contribution in [0.25, 0.3) is 11.3 Å². The van der Waals surface area contributed by atoms with Gasteiger partial charge in [0.25, 0.3) is 0 Å². The number of thiophene rings is 1. The van der Waals surface area contributed by atoms with E-state index in [0.717, 1.165) is 16.1 Å². The van der Waals surface area contributed by atoms with Crippen LogP contribution in [0.4, 0.5) is 0 Å². The Morgan fingerprint density at radius 2 is 2.25 bits per heavy atom. The molecule has 80 valence electrons. The fraction of sp³-hybridized carbons (Fsp3) is 0.0833. The SMILES string of the molecule is O=C1CC(c2cccs2)=C(c2ccco2)N1. The molecule has 3 rings (SSSR count). The molecule has 1 aliphatic rings. The summed E-state index contributed by atoms with van der Waals surface area (Å²) in [4.78, 5) is 12.6. The van der Waals surface area contributed by atoms with Gasteiger partial charge in [-0.1, -0.05) is 6.07 Å². The molecule has 4 heteroatoms. The van der Waals surface area contributed by atoms with Gasteiger partial charge in [0.1, 0.15) is 5.76 Å². The van der Waals surface area contributed by atoms with Gasteiger partial charge in [0.2, 0.25) is 5.91 Å². The number of furan rings is 1. The van der Waals surface area contributed by atoms with Crippen LogP contribution in [0.2, 0.25) is 0 Å². The summed E-state index contributed by atoms with van der Waals surface area (Å²) in [6.07, 6.45) is 2.04. The molecule has 16 heavy (non-hydrogen) atoms. The molecule has 0 fully saturated rings. The van der Waals surface area contributed by atoms with Crippen molar-refractivity contribution in [3.8, 4) is 0 Å². The van der Waals surface area contributed by atoms with Crippen molar-refractivity contribution in [3.63, 3.8) is 0 Å². The van der Waals surface area contributed by atoms with E-state index < -0.39 is 0 Å². The molecule has 0 spiro atoms. The normalized spacial score (nSPS) is 15.6. The highest BCUT2D eigenvalue weighted by atomic mass is 32.1. The Balaban J connectivity index is 2.11.